The van der Waals surface area contributed by atoms with Gasteiger partial charge < -0.3 is 9.64 Å². The van der Waals surface area contributed by atoms with Gasteiger partial charge in [-0.15, -0.1) is 0 Å². The predicted molar refractivity (Wildman–Crippen MR) is 106 cm³/mol. The lowest BCUT2D eigenvalue weighted by Crippen LogP contribution is -2.50. The maximum Gasteiger partial charge on any atom is 0.276 e. The molecule has 0 unspecified atom stereocenters. The molecule has 1 heterocycles. The normalized spacial score (nSPS) is 15.1. The predicted octanol–water partition coefficient (Wildman–Crippen LogP) is 2.11. The minimum absolute atomic E-state index is 0.100. The number of nitrogens with zero attached hydrogens (tertiary/aromatic N) is 1. The molecule has 2 rings (SSSR count). The molecule has 1 fully saturated rings. The van der Waals surface area contributed by atoms with E-state index >= 15 is 0 Å². The fourth-order valence-corrected chi connectivity index (χ4v) is 3.09. The number of ether oxygens (including phenoxy) is 1. The zero-order valence-corrected chi connectivity index (χ0v) is 17.4. The molecule has 0 aliphatic carbocycles. The van der Waals surface area contributed by atoms with Crippen LogP contribution in [0.15, 0.2) is 18.2 Å². The lowest BCUT2D eigenvalue weighted by atomic mass is 9.91. The number of hydrogen-bond acceptors (Lipinski definition) is 4. The first kappa shape index (κ1) is 21.7. The molecule has 0 atom stereocenters. The van der Waals surface area contributed by atoms with E-state index in [-0.39, 0.29) is 24.3 Å². The standard InChI is InChI=1S/C21H31N3O4/c1-14-6-7-15(2)17(12-14)28-13-18(25)22-23-19(26)16-8-10-24(11-9-16)20(27)21(3,4)5/h6-7,12,16H,8-11,13H2,1-5H3,(H,22,25)(H,23,26). The van der Waals surface area contributed by atoms with Crippen molar-refractivity contribution in [2.75, 3.05) is 19.7 Å². The number of hydrogen-bond donors (Lipinski definition) is 2. The van der Waals surface area contributed by atoms with Gasteiger partial charge in [0.05, 0.1) is 0 Å². The highest BCUT2D eigenvalue weighted by atomic mass is 16.5. The van der Waals surface area contributed by atoms with E-state index in [4.69, 9.17) is 4.74 Å². The van der Waals surface area contributed by atoms with Crippen molar-refractivity contribution in [3.8, 4) is 5.75 Å². The van der Waals surface area contributed by atoms with Gasteiger partial charge in [-0.25, -0.2) is 0 Å². The minimum Gasteiger partial charge on any atom is -0.483 e. The van der Waals surface area contributed by atoms with Crippen molar-refractivity contribution in [1.82, 2.24) is 15.8 Å². The number of benzene rings is 1. The number of nitrogens with one attached hydrogen (secondary N) is 2. The Morgan fingerprint density at radius 1 is 1.11 bits per heavy atom. The molecular formula is C21H31N3O4. The SMILES string of the molecule is Cc1ccc(C)c(OCC(=O)NNC(=O)C2CCN(C(=O)C(C)(C)C)CC2)c1. The molecule has 1 aromatic carbocycles. The van der Waals surface area contributed by atoms with Gasteiger partial charge in [0.2, 0.25) is 11.8 Å². The van der Waals surface area contributed by atoms with Crippen LogP contribution in [0.25, 0.3) is 0 Å². The molecule has 28 heavy (non-hydrogen) atoms. The number of likely N-dealkylation sites (tertiary alicyclic amines) is 1. The van der Waals surface area contributed by atoms with Crippen LogP contribution in [-0.4, -0.2) is 42.3 Å². The number of amides is 3. The summed E-state index contributed by atoms with van der Waals surface area (Å²) in [4.78, 5) is 38.3. The second-order valence-corrected chi connectivity index (χ2v) is 8.41. The summed E-state index contributed by atoms with van der Waals surface area (Å²) < 4.78 is 5.52. The van der Waals surface area contributed by atoms with E-state index in [1.807, 2.05) is 52.8 Å². The molecule has 3 amide bonds. The molecule has 1 aromatic rings. The summed E-state index contributed by atoms with van der Waals surface area (Å²) in [5.74, 6) is -0.123. The number of rotatable bonds is 4. The summed E-state index contributed by atoms with van der Waals surface area (Å²) in [7, 11) is 0. The quantitative estimate of drug-likeness (QED) is 0.772. The Balaban J connectivity index is 1.73. The van der Waals surface area contributed by atoms with Gasteiger partial charge in [0.1, 0.15) is 5.75 Å². The molecule has 7 heteroatoms. The Hall–Kier alpha value is -2.57. The van der Waals surface area contributed by atoms with E-state index in [1.165, 1.54) is 0 Å². The van der Waals surface area contributed by atoms with Crippen molar-refractivity contribution < 1.29 is 19.1 Å². The number of piperidine rings is 1. The van der Waals surface area contributed by atoms with E-state index in [2.05, 4.69) is 10.9 Å². The van der Waals surface area contributed by atoms with E-state index < -0.39 is 11.3 Å². The van der Waals surface area contributed by atoms with Gasteiger partial charge in [0.25, 0.3) is 5.91 Å². The Morgan fingerprint density at radius 3 is 2.36 bits per heavy atom. The summed E-state index contributed by atoms with van der Waals surface area (Å²) >= 11 is 0. The largest absolute Gasteiger partial charge is 0.483 e. The van der Waals surface area contributed by atoms with Crippen molar-refractivity contribution in [2.45, 2.75) is 47.5 Å². The fraction of sp³-hybridized carbons (Fsp3) is 0.571. The van der Waals surface area contributed by atoms with E-state index in [0.29, 0.717) is 31.7 Å². The van der Waals surface area contributed by atoms with Gasteiger partial charge in [-0.2, -0.15) is 0 Å². The molecule has 154 valence electrons. The molecule has 0 bridgehead atoms. The van der Waals surface area contributed by atoms with Crippen LogP contribution in [0.3, 0.4) is 0 Å². The van der Waals surface area contributed by atoms with Gasteiger partial charge in [-0.3, -0.25) is 25.2 Å². The first-order valence-electron chi connectivity index (χ1n) is 9.66. The van der Waals surface area contributed by atoms with Crippen molar-refractivity contribution in [3.05, 3.63) is 29.3 Å². The molecule has 0 radical (unpaired) electrons. The molecule has 0 spiro atoms. The van der Waals surface area contributed by atoms with Gasteiger partial charge in [0, 0.05) is 24.4 Å². The van der Waals surface area contributed by atoms with Crippen molar-refractivity contribution in [1.29, 1.82) is 0 Å². The Morgan fingerprint density at radius 2 is 1.75 bits per heavy atom. The van der Waals surface area contributed by atoms with Gasteiger partial charge in [-0.1, -0.05) is 32.9 Å². The molecular weight excluding hydrogens is 358 g/mol. The van der Waals surface area contributed by atoms with Crippen LogP contribution in [0.1, 0.15) is 44.7 Å². The average molecular weight is 389 g/mol. The number of carbonyl (C=O) groups is 3. The summed E-state index contributed by atoms with van der Waals surface area (Å²) in [5, 5.41) is 0. The number of carbonyl (C=O) groups excluding carboxylic acids is 3. The van der Waals surface area contributed by atoms with Crippen LogP contribution in [0, 0.1) is 25.2 Å². The lowest BCUT2D eigenvalue weighted by molar-refractivity contribution is -0.142. The van der Waals surface area contributed by atoms with Crippen LogP contribution in [0.2, 0.25) is 0 Å². The zero-order valence-electron chi connectivity index (χ0n) is 17.4. The molecule has 1 saturated heterocycles. The minimum atomic E-state index is -0.422. The highest BCUT2D eigenvalue weighted by molar-refractivity contribution is 5.85. The van der Waals surface area contributed by atoms with Gasteiger partial charge >= 0.3 is 0 Å². The molecule has 7 nitrogen and oxygen atoms in total. The smallest absolute Gasteiger partial charge is 0.276 e. The van der Waals surface area contributed by atoms with Gasteiger partial charge in [0.15, 0.2) is 6.61 Å². The first-order valence-corrected chi connectivity index (χ1v) is 9.66. The van der Waals surface area contributed by atoms with Crippen LogP contribution in [0.4, 0.5) is 0 Å². The van der Waals surface area contributed by atoms with Crippen LogP contribution < -0.4 is 15.6 Å². The van der Waals surface area contributed by atoms with E-state index in [9.17, 15) is 14.4 Å². The first-order chi connectivity index (χ1) is 13.1. The van der Waals surface area contributed by atoms with Gasteiger partial charge in [-0.05, 0) is 43.9 Å². The molecule has 1 aliphatic heterocycles. The average Bonchev–Trinajstić information content (AvgIpc) is 2.65. The Kier molecular flexibility index (Phi) is 7.05. The number of aryl methyl sites for hydroxylation is 2. The van der Waals surface area contributed by atoms with Crippen molar-refractivity contribution >= 4 is 17.7 Å². The molecule has 1 aliphatic rings. The van der Waals surface area contributed by atoms with Crippen LogP contribution >= 0.6 is 0 Å². The Labute approximate surface area is 166 Å². The monoisotopic (exact) mass is 389 g/mol. The summed E-state index contributed by atoms with van der Waals surface area (Å²) in [5.41, 5.74) is 6.44. The molecule has 0 aromatic heterocycles. The third-order valence-corrected chi connectivity index (χ3v) is 4.82. The Bertz CT molecular complexity index is 732. The van der Waals surface area contributed by atoms with Crippen molar-refractivity contribution in [3.63, 3.8) is 0 Å². The maximum absolute atomic E-state index is 12.3. The lowest BCUT2D eigenvalue weighted by Gasteiger charge is -2.35. The van der Waals surface area contributed by atoms with E-state index in [0.717, 1.165) is 11.1 Å². The second-order valence-electron chi connectivity index (χ2n) is 8.41. The summed E-state index contributed by atoms with van der Waals surface area (Å²) in [6, 6.07) is 5.78. The highest BCUT2D eigenvalue weighted by Gasteiger charge is 2.32. The fourth-order valence-electron chi connectivity index (χ4n) is 3.09. The van der Waals surface area contributed by atoms with E-state index in [1.54, 1.807) is 4.90 Å². The summed E-state index contributed by atoms with van der Waals surface area (Å²) in [6.07, 6.45) is 1.17. The molecule has 0 saturated carbocycles. The zero-order chi connectivity index (χ0) is 20.9. The van der Waals surface area contributed by atoms with Crippen LogP contribution in [0.5, 0.6) is 5.75 Å². The van der Waals surface area contributed by atoms with Crippen LogP contribution in [-0.2, 0) is 14.4 Å². The second kappa shape index (κ2) is 9.08. The topological polar surface area (TPSA) is 87.7 Å². The third-order valence-electron chi connectivity index (χ3n) is 4.82. The molecule has 2 N–H and O–H groups in total. The third kappa shape index (κ3) is 5.97. The number of hydrazine groups is 1. The maximum atomic E-state index is 12.3. The summed E-state index contributed by atoms with van der Waals surface area (Å²) in [6.45, 7) is 10.5. The van der Waals surface area contributed by atoms with Crippen molar-refractivity contribution in [2.24, 2.45) is 11.3 Å². The highest BCUT2D eigenvalue weighted by Crippen LogP contribution is 2.23.